The molecule has 2 N–H and O–H groups in total. The fourth-order valence-electron chi connectivity index (χ4n) is 7.55. The molecule has 3 heterocycles. The van der Waals surface area contributed by atoms with Crippen molar-refractivity contribution >= 4 is 45.4 Å². The Morgan fingerprint density at radius 1 is 1.00 bits per heavy atom. The average molecular weight is 669 g/mol. The predicted molar refractivity (Wildman–Crippen MR) is 190 cm³/mol. The Kier molecular flexibility index (Phi) is 8.56. The number of rotatable bonds is 9. The van der Waals surface area contributed by atoms with Gasteiger partial charge >= 0.3 is 5.97 Å². The number of aromatic carboxylic acids is 1. The number of carbonyl (C=O) groups is 2. The number of fused-ring (bicyclic) bond motifs is 5. The smallest absolute Gasteiger partial charge is 0.339 e. The zero-order valence-electron chi connectivity index (χ0n) is 28.3. The van der Waals surface area contributed by atoms with E-state index in [1.807, 2.05) is 56.6 Å². The largest absolute Gasteiger partial charge is 0.497 e. The number of hydrogen-bond acceptors (Lipinski definition) is 5. The minimum Gasteiger partial charge on any atom is -0.497 e. The third kappa shape index (κ3) is 5.67. The van der Waals surface area contributed by atoms with E-state index in [1.165, 1.54) is 12.0 Å². The standard InChI is InChI=1S/C38H44N4O5S/c1-21(2)34-33(38(44)45)35(42(39-34)27-12-13-27)26-17-25-18-28(47-5)14-16-29(25)36-32(23-9-7-6-8-10-23)30-15-11-24(19-31(30)41(36)20-26)37(43)40-48(46)22(3)4/h11,14-19,21-23,27H,6-10,12-13,20H2,1-5H3,(H,40,43)(H,44,45). The van der Waals surface area contributed by atoms with Gasteiger partial charge in [-0.1, -0.05) is 39.2 Å². The van der Waals surface area contributed by atoms with Crippen molar-refractivity contribution < 1.29 is 23.6 Å². The lowest BCUT2D eigenvalue weighted by Crippen LogP contribution is -2.30. The first-order chi connectivity index (χ1) is 23.1. The van der Waals surface area contributed by atoms with Crippen molar-refractivity contribution in [2.45, 2.75) is 102 Å². The van der Waals surface area contributed by atoms with Crippen molar-refractivity contribution in [3.05, 3.63) is 70.0 Å². The first-order valence-corrected chi connectivity index (χ1v) is 18.4. The van der Waals surface area contributed by atoms with Gasteiger partial charge in [-0.2, -0.15) is 5.10 Å². The van der Waals surface area contributed by atoms with Crippen LogP contribution in [0.25, 0.3) is 33.8 Å². The molecule has 3 aliphatic rings. The molecule has 2 fully saturated rings. The van der Waals surface area contributed by atoms with Gasteiger partial charge in [-0.25, -0.2) is 9.00 Å². The van der Waals surface area contributed by atoms with Crippen molar-refractivity contribution in [3.63, 3.8) is 0 Å². The Hall–Kier alpha value is -4.18. The van der Waals surface area contributed by atoms with E-state index in [4.69, 9.17) is 9.84 Å². The fraction of sp³-hybridized carbons (Fsp3) is 0.447. The van der Waals surface area contributed by atoms with E-state index < -0.39 is 17.0 Å². The van der Waals surface area contributed by atoms with Crippen molar-refractivity contribution in [1.29, 1.82) is 0 Å². The maximum atomic E-state index is 13.4. The van der Waals surface area contributed by atoms with E-state index >= 15 is 0 Å². The first-order valence-electron chi connectivity index (χ1n) is 17.2. The molecule has 2 aromatic carbocycles. The van der Waals surface area contributed by atoms with E-state index in [1.54, 1.807) is 7.11 Å². The predicted octanol–water partition coefficient (Wildman–Crippen LogP) is 8.07. The molecule has 48 heavy (non-hydrogen) atoms. The van der Waals surface area contributed by atoms with Crippen molar-refractivity contribution in [3.8, 4) is 17.0 Å². The summed E-state index contributed by atoms with van der Waals surface area (Å²) in [6.45, 7) is 8.00. The van der Waals surface area contributed by atoms with Gasteiger partial charge in [-0.3, -0.25) is 14.2 Å². The van der Waals surface area contributed by atoms with Crippen LogP contribution in [0, 0.1) is 0 Å². The zero-order chi connectivity index (χ0) is 33.9. The van der Waals surface area contributed by atoms with E-state index in [-0.39, 0.29) is 28.7 Å². The highest BCUT2D eigenvalue weighted by atomic mass is 32.2. The molecule has 0 spiro atoms. The Morgan fingerprint density at radius 3 is 2.40 bits per heavy atom. The Labute approximate surface area is 284 Å². The summed E-state index contributed by atoms with van der Waals surface area (Å²) >= 11 is 0. The summed E-state index contributed by atoms with van der Waals surface area (Å²) in [5, 5.41) is 16.5. The van der Waals surface area contributed by atoms with Crippen LogP contribution in [0.15, 0.2) is 36.4 Å². The molecule has 0 radical (unpaired) electrons. The van der Waals surface area contributed by atoms with Crippen LogP contribution in [0.1, 0.15) is 134 Å². The molecule has 7 rings (SSSR count). The number of allylic oxidation sites excluding steroid dienone is 1. The van der Waals surface area contributed by atoms with E-state index in [0.29, 0.717) is 29.4 Å². The summed E-state index contributed by atoms with van der Waals surface area (Å²) in [6.07, 6.45) is 9.77. The highest BCUT2D eigenvalue weighted by molar-refractivity contribution is 7.84. The molecule has 10 heteroatoms. The summed E-state index contributed by atoms with van der Waals surface area (Å²) in [5.74, 6) is -0.348. The summed E-state index contributed by atoms with van der Waals surface area (Å²) < 4.78 is 25.2. The summed E-state index contributed by atoms with van der Waals surface area (Å²) in [6, 6.07) is 12.1. The Bertz CT molecular complexity index is 1990. The van der Waals surface area contributed by atoms with Crippen LogP contribution in [0.4, 0.5) is 0 Å². The molecule has 2 saturated carbocycles. The van der Waals surface area contributed by atoms with Crippen LogP contribution < -0.4 is 9.46 Å². The number of carbonyl (C=O) groups excluding carboxylic acids is 1. The number of benzene rings is 2. The third-order valence-corrected chi connectivity index (χ3v) is 11.3. The molecule has 0 bridgehead atoms. The number of nitrogens with one attached hydrogen (secondary N) is 1. The van der Waals surface area contributed by atoms with Gasteiger partial charge in [0.2, 0.25) is 0 Å². The number of carboxylic acid groups (broad SMARTS) is 1. The van der Waals surface area contributed by atoms with Crippen molar-refractivity contribution in [2.24, 2.45) is 0 Å². The SMILES string of the molecule is COc1ccc2c(c1)C=C(c1c(C(=O)O)c(C(C)C)nn1C1CC1)Cn1c-2c(C2CCCCC2)c2ccc(C(=O)NS(=O)C(C)C)cc21. The topological polar surface area (TPSA) is 115 Å². The average Bonchev–Trinajstić information content (AvgIpc) is 3.79. The minimum atomic E-state index is -1.51. The first kappa shape index (κ1) is 32.4. The van der Waals surface area contributed by atoms with E-state index in [0.717, 1.165) is 77.6 Å². The number of aromatic nitrogens is 3. The van der Waals surface area contributed by atoms with Crippen LogP contribution >= 0.6 is 0 Å². The van der Waals surface area contributed by atoms with Gasteiger partial charge in [0.15, 0.2) is 0 Å². The summed E-state index contributed by atoms with van der Waals surface area (Å²) in [7, 11) is 0.153. The van der Waals surface area contributed by atoms with Crippen LogP contribution in [0.5, 0.6) is 5.75 Å². The molecule has 2 aliphatic carbocycles. The summed E-state index contributed by atoms with van der Waals surface area (Å²) in [4.78, 5) is 26.4. The highest BCUT2D eigenvalue weighted by Gasteiger charge is 2.36. The fourth-order valence-corrected chi connectivity index (χ4v) is 8.09. The lowest BCUT2D eigenvalue weighted by Gasteiger charge is -2.24. The van der Waals surface area contributed by atoms with Gasteiger partial charge in [0.05, 0.1) is 36.8 Å². The molecular formula is C38H44N4O5S. The normalized spacial score (nSPS) is 17.2. The summed E-state index contributed by atoms with van der Waals surface area (Å²) in [5.41, 5.74) is 8.09. The molecule has 4 aromatic rings. The zero-order valence-corrected chi connectivity index (χ0v) is 29.2. The van der Waals surface area contributed by atoms with Crippen LogP contribution in [-0.4, -0.2) is 47.9 Å². The lowest BCUT2D eigenvalue weighted by molar-refractivity contribution is 0.0694. The Balaban J connectivity index is 1.51. The van der Waals surface area contributed by atoms with E-state index in [2.05, 4.69) is 27.5 Å². The molecule has 1 aliphatic heterocycles. The molecule has 1 atom stereocenters. The Morgan fingerprint density at radius 2 is 1.75 bits per heavy atom. The number of methoxy groups -OCH3 is 1. The molecule has 2 aromatic heterocycles. The van der Waals surface area contributed by atoms with Crippen molar-refractivity contribution in [2.75, 3.05) is 7.11 Å². The monoisotopic (exact) mass is 668 g/mol. The molecule has 0 saturated heterocycles. The third-order valence-electron chi connectivity index (χ3n) is 10.1. The number of nitrogens with zero attached hydrogens (tertiary/aromatic N) is 3. The maximum absolute atomic E-state index is 13.4. The van der Waals surface area contributed by atoms with E-state index in [9.17, 15) is 18.9 Å². The van der Waals surface area contributed by atoms with Gasteiger partial charge in [-0.05, 0) is 104 Å². The van der Waals surface area contributed by atoms with Crippen LogP contribution in [0.2, 0.25) is 0 Å². The number of carboxylic acids is 1. The van der Waals surface area contributed by atoms with Gasteiger partial charge in [-0.15, -0.1) is 0 Å². The van der Waals surface area contributed by atoms with Gasteiger partial charge < -0.3 is 14.4 Å². The van der Waals surface area contributed by atoms with Gasteiger partial charge in [0.1, 0.15) is 22.3 Å². The molecular weight excluding hydrogens is 625 g/mol. The van der Waals surface area contributed by atoms with Crippen molar-refractivity contribution in [1.82, 2.24) is 19.1 Å². The van der Waals surface area contributed by atoms with Gasteiger partial charge in [0.25, 0.3) is 5.91 Å². The second kappa shape index (κ2) is 12.7. The van der Waals surface area contributed by atoms with Crippen LogP contribution in [-0.2, 0) is 17.5 Å². The quantitative estimate of drug-likeness (QED) is 0.186. The second-order valence-electron chi connectivity index (χ2n) is 14.1. The molecule has 1 amide bonds. The maximum Gasteiger partial charge on any atom is 0.339 e. The van der Waals surface area contributed by atoms with Crippen LogP contribution in [0.3, 0.4) is 0 Å². The van der Waals surface area contributed by atoms with Gasteiger partial charge in [0, 0.05) is 27.3 Å². The number of hydrogen-bond donors (Lipinski definition) is 2. The lowest BCUT2D eigenvalue weighted by atomic mass is 9.81. The molecule has 9 nitrogen and oxygen atoms in total. The second-order valence-corrected chi connectivity index (χ2v) is 15.8. The number of amides is 1. The number of ether oxygens (including phenoxy) is 1. The minimum absolute atomic E-state index is 0.0630. The highest BCUT2D eigenvalue weighted by Crippen LogP contribution is 2.49. The molecule has 252 valence electrons. The molecule has 1 unspecified atom stereocenters.